The highest BCUT2D eigenvalue weighted by atomic mass is 32.2. The van der Waals surface area contributed by atoms with Gasteiger partial charge in [-0.05, 0) is 18.6 Å². The molecule has 6 nitrogen and oxygen atoms in total. The number of nitrogens with zero attached hydrogens (tertiary/aromatic N) is 1. The van der Waals surface area contributed by atoms with E-state index in [0.29, 0.717) is 18.7 Å². The van der Waals surface area contributed by atoms with E-state index < -0.39 is 10.0 Å². The fraction of sp³-hybridized carbons (Fsp3) is 0.545. The lowest BCUT2D eigenvalue weighted by atomic mass is 10.4. The summed E-state index contributed by atoms with van der Waals surface area (Å²) in [6, 6.07) is 3.46. The van der Waals surface area contributed by atoms with Crippen LogP contribution in [-0.2, 0) is 21.4 Å². The maximum Gasteiger partial charge on any atom is 0.235 e. The van der Waals surface area contributed by atoms with Crippen molar-refractivity contribution in [2.75, 3.05) is 19.3 Å². The molecule has 1 heterocycles. The van der Waals surface area contributed by atoms with Gasteiger partial charge in [-0.15, -0.1) is 0 Å². The van der Waals surface area contributed by atoms with E-state index in [2.05, 4.69) is 5.32 Å². The lowest BCUT2D eigenvalue weighted by Crippen LogP contribution is -2.40. The zero-order valence-corrected chi connectivity index (χ0v) is 11.4. The fourth-order valence-corrected chi connectivity index (χ4v) is 2.29. The molecule has 7 heteroatoms. The van der Waals surface area contributed by atoms with Crippen molar-refractivity contribution in [3.63, 3.8) is 0 Å². The van der Waals surface area contributed by atoms with Gasteiger partial charge >= 0.3 is 0 Å². The minimum atomic E-state index is -3.35. The van der Waals surface area contributed by atoms with E-state index in [4.69, 9.17) is 4.42 Å². The van der Waals surface area contributed by atoms with Crippen LogP contribution in [0.25, 0.3) is 0 Å². The number of nitrogens with one attached hydrogen (secondary N) is 1. The van der Waals surface area contributed by atoms with Gasteiger partial charge in [0.2, 0.25) is 15.9 Å². The lowest BCUT2D eigenvalue weighted by molar-refractivity contribution is -0.121. The Kier molecular flexibility index (Phi) is 5.36. The molecule has 0 radical (unpaired) electrons. The van der Waals surface area contributed by atoms with Crippen LogP contribution in [0.3, 0.4) is 0 Å². The van der Waals surface area contributed by atoms with E-state index in [-0.39, 0.29) is 19.0 Å². The van der Waals surface area contributed by atoms with Crippen molar-refractivity contribution in [3.8, 4) is 0 Å². The van der Waals surface area contributed by atoms with Crippen LogP contribution in [0.15, 0.2) is 22.8 Å². The van der Waals surface area contributed by atoms with Crippen molar-refractivity contribution in [1.29, 1.82) is 0 Å². The highest BCUT2D eigenvalue weighted by Gasteiger charge is 2.18. The molecule has 0 saturated heterocycles. The standard InChI is InChI=1S/C11H18N2O4S/c1-3-6-13(18(2,15)16)9-11(14)12-8-10-5-4-7-17-10/h4-5,7H,3,6,8-9H2,1-2H3,(H,12,14). The smallest absolute Gasteiger partial charge is 0.235 e. The Morgan fingerprint density at radius 1 is 1.50 bits per heavy atom. The topological polar surface area (TPSA) is 79.6 Å². The van der Waals surface area contributed by atoms with Crippen LogP contribution >= 0.6 is 0 Å². The first-order valence-electron chi connectivity index (χ1n) is 5.67. The summed E-state index contributed by atoms with van der Waals surface area (Å²) in [6.07, 6.45) is 3.28. The van der Waals surface area contributed by atoms with Crippen molar-refractivity contribution < 1.29 is 17.6 Å². The molecule has 0 bridgehead atoms. The van der Waals surface area contributed by atoms with Gasteiger partial charge in [-0.25, -0.2) is 8.42 Å². The molecule has 0 atom stereocenters. The second kappa shape index (κ2) is 6.55. The summed E-state index contributed by atoms with van der Waals surface area (Å²) in [5.74, 6) is 0.287. The lowest BCUT2D eigenvalue weighted by Gasteiger charge is -2.18. The van der Waals surface area contributed by atoms with E-state index in [9.17, 15) is 13.2 Å². The fourth-order valence-electron chi connectivity index (χ4n) is 1.43. The molecule has 0 aromatic carbocycles. The van der Waals surface area contributed by atoms with Gasteiger partial charge in [0.05, 0.1) is 25.6 Å². The molecule has 1 N–H and O–H groups in total. The molecule has 0 aliphatic carbocycles. The molecule has 0 saturated carbocycles. The first kappa shape index (κ1) is 14.7. The molecule has 0 aliphatic rings. The van der Waals surface area contributed by atoms with Crippen molar-refractivity contribution in [3.05, 3.63) is 24.2 Å². The summed E-state index contributed by atoms with van der Waals surface area (Å²) in [5, 5.41) is 2.61. The third-order valence-corrected chi connectivity index (χ3v) is 3.55. The van der Waals surface area contributed by atoms with E-state index >= 15 is 0 Å². The molecule has 1 rings (SSSR count). The van der Waals surface area contributed by atoms with E-state index in [1.807, 2.05) is 6.92 Å². The Labute approximate surface area is 107 Å². The maximum absolute atomic E-state index is 11.6. The minimum absolute atomic E-state index is 0.159. The third-order valence-electron chi connectivity index (χ3n) is 2.30. The van der Waals surface area contributed by atoms with Crippen LogP contribution in [0, 0.1) is 0 Å². The summed E-state index contributed by atoms with van der Waals surface area (Å²) in [4.78, 5) is 11.6. The predicted molar refractivity (Wildman–Crippen MR) is 67.3 cm³/mol. The largest absolute Gasteiger partial charge is 0.467 e. The van der Waals surface area contributed by atoms with Crippen LogP contribution in [0.2, 0.25) is 0 Å². The Morgan fingerprint density at radius 3 is 2.72 bits per heavy atom. The van der Waals surface area contributed by atoms with E-state index in [0.717, 1.165) is 10.6 Å². The van der Waals surface area contributed by atoms with Crippen molar-refractivity contribution in [2.45, 2.75) is 19.9 Å². The number of carbonyl (C=O) groups excluding carboxylic acids is 1. The summed E-state index contributed by atoms with van der Waals surface area (Å²) in [6.45, 7) is 2.30. The van der Waals surface area contributed by atoms with Gasteiger partial charge < -0.3 is 9.73 Å². The molecule has 0 spiro atoms. The molecule has 0 unspecified atom stereocenters. The average molecular weight is 274 g/mol. The molecule has 18 heavy (non-hydrogen) atoms. The van der Waals surface area contributed by atoms with E-state index in [1.54, 1.807) is 12.1 Å². The van der Waals surface area contributed by atoms with Gasteiger partial charge in [0.1, 0.15) is 5.76 Å². The van der Waals surface area contributed by atoms with Gasteiger partial charge in [-0.3, -0.25) is 4.79 Å². The predicted octanol–water partition coefficient (Wildman–Crippen LogP) is 0.567. The normalized spacial score (nSPS) is 11.7. The van der Waals surface area contributed by atoms with Gasteiger partial charge in [0.25, 0.3) is 0 Å². The van der Waals surface area contributed by atoms with Crippen LogP contribution in [-0.4, -0.2) is 38.0 Å². The Hall–Kier alpha value is -1.34. The monoisotopic (exact) mass is 274 g/mol. The molecule has 1 amide bonds. The number of amides is 1. The molecular weight excluding hydrogens is 256 g/mol. The number of sulfonamides is 1. The quantitative estimate of drug-likeness (QED) is 0.788. The van der Waals surface area contributed by atoms with Crippen molar-refractivity contribution in [2.24, 2.45) is 0 Å². The van der Waals surface area contributed by atoms with Gasteiger partial charge in [0.15, 0.2) is 0 Å². The highest BCUT2D eigenvalue weighted by Crippen LogP contribution is 2.01. The molecule has 0 fully saturated rings. The van der Waals surface area contributed by atoms with Gasteiger partial charge in [0, 0.05) is 6.54 Å². The summed E-state index contributed by atoms with van der Waals surface area (Å²) >= 11 is 0. The van der Waals surface area contributed by atoms with Crippen molar-refractivity contribution >= 4 is 15.9 Å². The second-order valence-corrected chi connectivity index (χ2v) is 5.94. The van der Waals surface area contributed by atoms with Gasteiger partial charge in [-0.2, -0.15) is 4.31 Å². The first-order chi connectivity index (χ1) is 8.43. The number of rotatable bonds is 7. The molecule has 0 aliphatic heterocycles. The molecule has 102 valence electrons. The SMILES string of the molecule is CCCN(CC(=O)NCc1ccco1)S(C)(=O)=O. The highest BCUT2D eigenvalue weighted by molar-refractivity contribution is 7.88. The van der Waals surface area contributed by atoms with Crippen molar-refractivity contribution in [1.82, 2.24) is 9.62 Å². The number of hydrogen-bond acceptors (Lipinski definition) is 4. The van der Waals surface area contributed by atoms with Crippen LogP contribution < -0.4 is 5.32 Å². The third kappa shape index (κ3) is 4.89. The van der Waals surface area contributed by atoms with Gasteiger partial charge in [-0.1, -0.05) is 6.92 Å². The van der Waals surface area contributed by atoms with Crippen LogP contribution in [0.1, 0.15) is 19.1 Å². The zero-order valence-electron chi connectivity index (χ0n) is 10.5. The summed E-state index contributed by atoms with van der Waals surface area (Å²) in [7, 11) is -3.35. The van der Waals surface area contributed by atoms with Crippen LogP contribution in [0.5, 0.6) is 0 Å². The number of carbonyl (C=O) groups is 1. The minimum Gasteiger partial charge on any atom is -0.467 e. The average Bonchev–Trinajstić information content (AvgIpc) is 2.77. The molecule has 1 aromatic heterocycles. The Morgan fingerprint density at radius 2 is 2.22 bits per heavy atom. The zero-order chi connectivity index (χ0) is 13.6. The molecule has 1 aromatic rings. The maximum atomic E-state index is 11.6. The summed E-state index contributed by atoms with van der Waals surface area (Å²) in [5.41, 5.74) is 0. The number of hydrogen-bond donors (Lipinski definition) is 1. The number of furan rings is 1. The molecular formula is C11H18N2O4S. The summed E-state index contributed by atoms with van der Waals surface area (Å²) < 4.78 is 29.0. The Balaban J connectivity index is 2.46. The van der Waals surface area contributed by atoms with Crippen LogP contribution in [0.4, 0.5) is 0 Å². The second-order valence-electron chi connectivity index (χ2n) is 3.95. The first-order valence-corrected chi connectivity index (χ1v) is 7.52. The Bertz CT molecular complexity index is 467. The van der Waals surface area contributed by atoms with E-state index in [1.165, 1.54) is 6.26 Å².